The molecule has 0 aliphatic carbocycles. The van der Waals surface area contributed by atoms with Crippen LogP contribution in [-0.2, 0) is 7.05 Å². The van der Waals surface area contributed by atoms with Gasteiger partial charge in [0.2, 0.25) is 0 Å². The number of aromatic nitrogens is 2. The minimum absolute atomic E-state index is 0.172. The molecule has 1 saturated heterocycles. The van der Waals surface area contributed by atoms with Crippen molar-refractivity contribution in [2.45, 2.75) is 18.9 Å². The Morgan fingerprint density at radius 3 is 1.82 bits per heavy atom. The van der Waals surface area contributed by atoms with E-state index in [0.717, 1.165) is 43.0 Å². The summed E-state index contributed by atoms with van der Waals surface area (Å²) in [5, 5.41) is 22.9. The minimum Gasteiger partial charge on any atom is -0.393 e. The monoisotopic (exact) mass is 510 g/mol. The van der Waals surface area contributed by atoms with Gasteiger partial charge in [-0.1, -0.05) is 0 Å². The Morgan fingerprint density at radius 1 is 0.763 bits per heavy atom. The zero-order chi connectivity index (χ0) is 26.5. The van der Waals surface area contributed by atoms with Gasteiger partial charge in [-0.15, -0.1) is 0 Å². The first-order valence-electron chi connectivity index (χ1n) is 12.6. The van der Waals surface area contributed by atoms with E-state index in [-0.39, 0.29) is 17.9 Å². The molecule has 38 heavy (non-hydrogen) atoms. The van der Waals surface area contributed by atoms with Crippen LogP contribution in [0.2, 0.25) is 0 Å². The van der Waals surface area contributed by atoms with Crippen LogP contribution in [0.25, 0.3) is 0 Å². The molecule has 0 unspecified atom stereocenters. The molecule has 4 N–H and O–H groups in total. The predicted octanol–water partition coefficient (Wildman–Crippen LogP) is 4.63. The summed E-state index contributed by atoms with van der Waals surface area (Å²) in [6.45, 7) is 1.64. The van der Waals surface area contributed by atoms with Crippen LogP contribution in [0.3, 0.4) is 0 Å². The summed E-state index contributed by atoms with van der Waals surface area (Å²) in [6, 6.07) is 24.1. The fourth-order valence-corrected chi connectivity index (χ4v) is 4.32. The van der Waals surface area contributed by atoms with Crippen LogP contribution < -0.4 is 20.9 Å². The molecule has 194 valence electrons. The average molecular weight is 511 g/mol. The normalized spacial score (nSPS) is 13.7. The summed E-state index contributed by atoms with van der Waals surface area (Å²) in [4.78, 5) is 27.2. The molecule has 9 nitrogen and oxygen atoms in total. The van der Waals surface area contributed by atoms with Crippen molar-refractivity contribution in [2.75, 3.05) is 33.9 Å². The molecule has 0 saturated carbocycles. The highest BCUT2D eigenvalue weighted by molar-refractivity contribution is 6.04. The van der Waals surface area contributed by atoms with E-state index in [1.54, 1.807) is 24.0 Å². The van der Waals surface area contributed by atoms with Gasteiger partial charge in [0.15, 0.2) is 5.69 Å². The SMILES string of the molecule is Cn1ccc(C(=O)Nc2ccc(Nc3ccc(NC(=O)c4ccc(N5CCC(O)CC5)cc4)cc3)cc2)n1. The first-order valence-corrected chi connectivity index (χ1v) is 12.6. The number of hydrogen-bond acceptors (Lipinski definition) is 6. The molecule has 4 aromatic rings. The number of anilines is 5. The van der Waals surface area contributed by atoms with Crippen molar-refractivity contribution >= 4 is 40.3 Å². The second kappa shape index (κ2) is 11.2. The molecule has 2 heterocycles. The van der Waals surface area contributed by atoms with Crippen LogP contribution in [-0.4, -0.2) is 45.9 Å². The van der Waals surface area contributed by atoms with E-state index in [0.29, 0.717) is 22.6 Å². The lowest BCUT2D eigenvalue weighted by Crippen LogP contribution is -2.35. The van der Waals surface area contributed by atoms with Crippen molar-refractivity contribution in [2.24, 2.45) is 7.05 Å². The Morgan fingerprint density at radius 2 is 1.29 bits per heavy atom. The number of aryl methyl sites for hydroxylation is 1. The molecule has 0 spiro atoms. The molecule has 1 aliphatic heterocycles. The Hall–Kier alpha value is -4.63. The van der Waals surface area contributed by atoms with E-state index < -0.39 is 0 Å². The summed E-state index contributed by atoms with van der Waals surface area (Å²) in [6.07, 6.45) is 3.04. The van der Waals surface area contributed by atoms with Crippen LogP contribution >= 0.6 is 0 Å². The molecule has 3 aromatic carbocycles. The highest BCUT2D eigenvalue weighted by atomic mass is 16.3. The van der Waals surface area contributed by atoms with Gasteiger partial charge in [0.1, 0.15) is 0 Å². The quantitative estimate of drug-likeness (QED) is 0.289. The number of aliphatic hydroxyl groups excluding tert-OH is 1. The lowest BCUT2D eigenvalue weighted by molar-refractivity contribution is 0.101. The Labute approximate surface area is 221 Å². The number of benzene rings is 3. The summed E-state index contributed by atoms with van der Waals surface area (Å²) < 4.78 is 1.58. The number of piperidine rings is 1. The van der Waals surface area contributed by atoms with E-state index in [2.05, 4.69) is 25.9 Å². The smallest absolute Gasteiger partial charge is 0.276 e. The lowest BCUT2D eigenvalue weighted by Gasteiger charge is -2.31. The molecule has 1 aromatic heterocycles. The highest BCUT2D eigenvalue weighted by Gasteiger charge is 2.17. The zero-order valence-corrected chi connectivity index (χ0v) is 21.1. The minimum atomic E-state index is -0.261. The number of hydrogen-bond donors (Lipinski definition) is 4. The van der Waals surface area contributed by atoms with Crippen molar-refractivity contribution in [3.8, 4) is 0 Å². The fraction of sp³-hybridized carbons (Fsp3) is 0.207. The number of aliphatic hydroxyl groups is 1. The Kier molecular flexibility index (Phi) is 7.37. The van der Waals surface area contributed by atoms with Crippen molar-refractivity contribution < 1.29 is 14.7 Å². The van der Waals surface area contributed by atoms with Crippen LogP contribution in [0.4, 0.5) is 28.4 Å². The average Bonchev–Trinajstić information content (AvgIpc) is 3.38. The molecule has 1 fully saturated rings. The standard InChI is InChI=1S/C29H30N6O3/c1-34-17-16-27(33-34)29(38)32-24-10-6-22(7-11-24)30-21-4-8-23(9-5-21)31-28(37)20-2-12-25(13-3-20)35-18-14-26(36)15-19-35/h2-13,16-17,26,30,36H,14-15,18-19H2,1H3,(H,31,37)(H,32,38). The summed E-state index contributed by atoms with van der Waals surface area (Å²) in [5.41, 5.74) is 5.10. The van der Waals surface area contributed by atoms with E-state index in [4.69, 9.17) is 0 Å². The van der Waals surface area contributed by atoms with Crippen LogP contribution in [0.1, 0.15) is 33.7 Å². The maximum absolute atomic E-state index is 12.7. The Balaban J connectivity index is 1.13. The number of carbonyl (C=O) groups is 2. The molecule has 1 aliphatic rings. The lowest BCUT2D eigenvalue weighted by atomic mass is 10.1. The second-order valence-corrected chi connectivity index (χ2v) is 9.33. The van der Waals surface area contributed by atoms with Gasteiger partial charge in [0.25, 0.3) is 11.8 Å². The van der Waals surface area contributed by atoms with Gasteiger partial charge in [0, 0.05) is 60.3 Å². The summed E-state index contributed by atoms with van der Waals surface area (Å²) in [5.74, 6) is -0.433. The maximum atomic E-state index is 12.7. The van der Waals surface area contributed by atoms with Gasteiger partial charge in [-0.3, -0.25) is 14.3 Å². The van der Waals surface area contributed by atoms with Crippen molar-refractivity contribution in [3.05, 3.63) is 96.3 Å². The largest absolute Gasteiger partial charge is 0.393 e. The molecule has 9 heteroatoms. The molecular weight excluding hydrogens is 480 g/mol. The topological polar surface area (TPSA) is 112 Å². The zero-order valence-electron chi connectivity index (χ0n) is 21.1. The van der Waals surface area contributed by atoms with Gasteiger partial charge in [0.05, 0.1) is 6.10 Å². The van der Waals surface area contributed by atoms with Crippen LogP contribution in [0.15, 0.2) is 85.1 Å². The first kappa shape index (κ1) is 25.0. The molecule has 0 atom stereocenters. The van der Waals surface area contributed by atoms with E-state index in [9.17, 15) is 14.7 Å². The van der Waals surface area contributed by atoms with Crippen molar-refractivity contribution in [1.82, 2.24) is 9.78 Å². The number of carbonyl (C=O) groups excluding carboxylic acids is 2. The molecule has 0 radical (unpaired) electrons. The van der Waals surface area contributed by atoms with Gasteiger partial charge < -0.3 is 26.0 Å². The maximum Gasteiger partial charge on any atom is 0.276 e. The Bertz CT molecular complexity index is 1390. The van der Waals surface area contributed by atoms with Crippen LogP contribution in [0, 0.1) is 0 Å². The fourth-order valence-electron chi connectivity index (χ4n) is 4.32. The predicted molar refractivity (Wildman–Crippen MR) is 149 cm³/mol. The highest BCUT2D eigenvalue weighted by Crippen LogP contribution is 2.23. The third-order valence-corrected chi connectivity index (χ3v) is 6.48. The van der Waals surface area contributed by atoms with Gasteiger partial charge in [-0.25, -0.2) is 0 Å². The van der Waals surface area contributed by atoms with Crippen molar-refractivity contribution in [1.29, 1.82) is 0 Å². The molecule has 0 bridgehead atoms. The second-order valence-electron chi connectivity index (χ2n) is 9.33. The number of nitrogens with one attached hydrogen (secondary N) is 3. The number of nitrogens with zero attached hydrogens (tertiary/aromatic N) is 3. The van der Waals surface area contributed by atoms with Crippen molar-refractivity contribution in [3.63, 3.8) is 0 Å². The van der Waals surface area contributed by atoms with Gasteiger partial charge >= 0.3 is 0 Å². The molecular formula is C29H30N6O3. The van der Waals surface area contributed by atoms with E-state index in [1.165, 1.54) is 0 Å². The van der Waals surface area contributed by atoms with Gasteiger partial charge in [-0.2, -0.15) is 5.10 Å². The first-order chi connectivity index (χ1) is 18.4. The van der Waals surface area contributed by atoms with Gasteiger partial charge in [-0.05, 0) is 91.7 Å². The van der Waals surface area contributed by atoms with Crippen LogP contribution in [0.5, 0.6) is 0 Å². The third kappa shape index (κ3) is 6.19. The third-order valence-electron chi connectivity index (χ3n) is 6.48. The summed E-state index contributed by atoms with van der Waals surface area (Å²) >= 11 is 0. The van der Waals surface area contributed by atoms with E-state index >= 15 is 0 Å². The van der Waals surface area contributed by atoms with E-state index in [1.807, 2.05) is 72.8 Å². The summed E-state index contributed by atoms with van der Waals surface area (Å²) in [7, 11) is 1.76. The number of rotatable bonds is 7. The molecule has 2 amide bonds. The number of amides is 2. The molecule has 5 rings (SSSR count).